The van der Waals surface area contributed by atoms with E-state index in [0.29, 0.717) is 6.61 Å². The average Bonchev–Trinajstić information content (AvgIpc) is 2.82. The van der Waals surface area contributed by atoms with E-state index in [1.165, 1.54) is 11.1 Å². The second-order valence-electron chi connectivity index (χ2n) is 5.03. The number of hydrogen-bond acceptors (Lipinski definition) is 3. The van der Waals surface area contributed by atoms with E-state index >= 15 is 0 Å². The first-order valence-corrected chi connectivity index (χ1v) is 7.37. The fourth-order valence-corrected chi connectivity index (χ4v) is 3.05. The molecule has 5 heteroatoms. The zero-order valence-electron chi connectivity index (χ0n) is 12.3. The molecule has 108 valence electrons. The van der Waals surface area contributed by atoms with Crippen molar-refractivity contribution in [1.82, 2.24) is 9.55 Å². The first-order chi connectivity index (χ1) is 9.52. The van der Waals surface area contributed by atoms with Crippen molar-refractivity contribution in [1.29, 1.82) is 0 Å². The maximum absolute atomic E-state index is 5.21. The van der Waals surface area contributed by atoms with Gasteiger partial charge in [-0.15, -0.1) is 0 Å². The molecule has 0 bridgehead atoms. The van der Waals surface area contributed by atoms with Gasteiger partial charge in [0.05, 0.1) is 18.3 Å². The van der Waals surface area contributed by atoms with E-state index in [1.54, 1.807) is 13.3 Å². The largest absolute Gasteiger partial charge is 0.383 e. The number of aromatic nitrogens is 2. The minimum atomic E-state index is 0.231. The lowest BCUT2D eigenvalue weighted by molar-refractivity contribution is 0.163. The van der Waals surface area contributed by atoms with Crippen molar-refractivity contribution in [2.24, 2.45) is 0 Å². The Morgan fingerprint density at radius 1 is 1.40 bits per heavy atom. The minimum absolute atomic E-state index is 0.231. The van der Waals surface area contributed by atoms with E-state index in [-0.39, 0.29) is 6.04 Å². The Balaban J connectivity index is 2.30. The van der Waals surface area contributed by atoms with Crippen LogP contribution in [0, 0.1) is 13.8 Å². The number of ether oxygens (including phenoxy) is 1. The van der Waals surface area contributed by atoms with Gasteiger partial charge in [0.25, 0.3) is 0 Å². The second-order valence-corrected chi connectivity index (χ2v) is 5.88. The van der Waals surface area contributed by atoms with Crippen molar-refractivity contribution in [2.75, 3.05) is 19.0 Å². The molecule has 4 nitrogen and oxygen atoms in total. The van der Waals surface area contributed by atoms with Gasteiger partial charge in [0.15, 0.2) is 0 Å². The summed E-state index contributed by atoms with van der Waals surface area (Å²) < 4.78 is 8.33. The van der Waals surface area contributed by atoms with Crippen LogP contribution in [0.2, 0.25) is 0 Å². The topological polar surface area (TPSA) is 39.1 Å². The van der Waals surface area contributed by atoms with Crippen molar-refractivity contribution in [3.63, 3.8) is 0 Å². The molecule has 20 heavy (non-hydrogen) atoms. The van der Waals surface area contributed by atoms with Crippen molar-refractivity contribution in [3.05, 3.63) is 40.1 Å². The zero-order valence-corrected chi connectivity index (χ0v) is 13.9. The summed E-state index contributed by atoms with van der Waals surface area (Å²) in [5.74, 6) is 0.821. The Kier molecular flexibility index (Phi) is 4.83. The highest BCUT2D eigenvalue weighted by Crippen LogP contribution is 2.30. The molecule has 2 aromatic rings. The molecule has 0 aliphatic carbocycles. The van der Waals surface area contributed by atoms with Crippen LogP contribution in [0.1, 0.15) is 24.1 Å². The molecule has 1 atom stereocenters. The van der Waals surface area contributed by atoms with Crippen LogP contribution in [0.25, 0.3) is 0 Å². The van der Waals surface area contributed by atoms with Gasteiger partial charge in [0.1, 0.15) is 0 Å². The third kappa shape index (κ3) is 3.22. The van der Waals surface area contributed by atoms with Crippen molar-refractivity contribution >= 4 is 27.6 Å². The highest BCUT2D eigenvalue weighted by Gasteiger charge is 2.12. The molecule has 0 saturated heterocycles. The van der Waals surface area contributed by atoms with Gasteiger partial charge in [-0.1, -0.05) is 6.07 Å². The van der Waals surface area contributed by atoms with Crippen molar-refractivity contribution < 1.29 is 4.74 Å². The smallest absolute Gasteiger partial charge is 0.207 e. The number of imidazole rings is 1. The highest BCUT2D eigenvalue weighted by atomic mass is 79.9. The molecule has 1 N–H and O–H groups in total. The minimum Gasteiger partial charge on any atom is -0.383 e. The molecular formula is C15H20BrN3O. The molecule has 1 heterocycles. The molecule has 0 amide bonds. The first kappa shape index (κ1) is 15.1. The van der Waals surface area contributed by atoms with Crippen LogP contribution in [0.4, 0.5) is 11.6 Å². The molecular weight excluding hydrogens is 318 g/mol. The molecule has 0 aliphatic rings. The number of halogens is 1. The molecule has 0 spiro atoms. The summed E-state index contributed by atoms with van der Waals surface area (Å²) in [6, 6.07) is 4.48. The van der Waals surface area contributed by atoms with E-state index in [1.807, 2.05) is 6.20 Å². The van der Waals surface area contributed by atoms with E-state index in [9.17, 15) is 0 Å². The van der Waals surface area contributed by atoms with Gasteiger partial charge < -0.3 is 14.6 Å². The number of aryl methyl sites for hydroxylation is 2. The molecule has 0 radical (unpaired) electrons. The SMILES string of the molecule is COCC(C)n1ccnc1Nc1c(C)cc(C)cc1Br. The maximum atomic E-state index is 5.21. The number of hydrogen-bond donors (Lipinski definition) is 1. The van der Waals surface area contributed by atoms with Crippen LogP contribution in [0.3, 0.4) is 0 Å². The molecule has 1 aromatic carbocycles. The summed E-state index contributed by atoms with van der Waals surface area (Å²) in [7, 11) is 1.71. The van der Waals surface area contributed by atoms with Crippen LogP contribution < -0.4 is 5.32 Å². The number of methoxy groups -OCH3 is 1. The first-order valence-electron chi connectivity index (χ1n) is 6.58. The summed E-state index contributed by atoms with van der Waals surface area (Å²) in [6.45, 7) is 6.93. The van der Waals surface area contributed by atoms with Crippen molar-refractivity contribution in [3.8, 4) is 0 Å². The Morgan fingerprint density at radius 3 is 2.80 bits per heavy atom. The van der Waals surface area contributed by atoms with E-state index in [4.69, 9.17) is 4.74 Å². The number of anilines is 2. The standard InChI is InChI=1S/C15H20BrN3O/c1-10-7-11(2)14(13(16)8-10)18-15-17-5-6-19(15)12(3)9-20-4/h5-8,12H,9H2,1-4H3,(H,17,18). The van der Waals surface area contributed by atoms with Gasteiger partial charge in [-0.2, -0.15) is 0 Å². The second kappa shape index (κ2) is 6.41. The van der Waals surface area contributed by atoms with Crippen LogP contribution in [0.5, 0.6) is 0 Å². The number of benzene rings is 1. The van der Waals surface area contributed by atoms with Gasteiger partial charge in [-0.25, -0.2) is 4.98 Å². The predicted octanol–water partition coefficient (Wildman–Crippen LogP) is 4.21. The summed E-state index contributed by atoms with van der Waals surface area (Å²) in [5.41, 5.74) is 3.47. The number of nitrogens with one attached hydrogen (secondary N) is 1. The van der Waals surface area contributed by atoms with Crippen LogP contribution in [-0.2, 0) is 4.74 Å². The van der Waals surface area contributed by atoms with Crippen molar-refractivity contribution in [2.45, 2.75) is 26.8 Å². The van der Waals surface area contributed by atoms with Crippen LogP contribution >= 0.6 is 15.9 Å². The van der Waals surface area contributed by atoms with E-state index in [0.717, 1.165) is 16.1 Å². The molecule has 0 aliphatic heterocycles. The lowest BCUT2D eigenvalue weighted by Crippen LogP contribution is -2.13. The predicted molar refractivity (Wildman–Crippen MR) is 85.7 cm³/mol. The quantitative estimate of drug-likeness (QED) is 0.887. The Bertz CT molecular complexity index is 572. The van der Waals surface area contributed by atoms with Crippen LogP contribution in [0.15, 0.2) is 29.0 Å². The fourth-order valence-electron chi connectivity index (χ4n) is 2.27. The number of nitrogens with zero attached hydrogens (tertiary/aromatic N) is 2. The van der Waals surface area contributed by atoms with Gasteiger partial charge in [0.2, 0.25) is 5.95 Å². The summed E-state index contributed by atoms with van der Waals surface area (Å²) >= 11 is 3.61. The molecule has 2 rings (SSSR count). The summed E-state index contributed by atoms with van der Waals surface area (Å²) in [5, 5.41) is 3.41. The van der Waals surface area contributed by atoms with E-state index in [2.05, 4.69) is 63.7 Å². The molecule has 1 aromatic heterocycles. The third-order valence-corrected chi connectivity index (χ3v) is 3.85. The Morgan fingerprint density at radius 2 is 2.15 bits per heavy atom. The van der Waals surface area contributed by atoms with Gasteiger partial charge in [0, 0.05) is 24.0 Å². The van der Waals surface area contributed by atoms with Crippen LogP contribution in [-0.4, -0.2) is 23.3 Å². The normalized spacial score (nSPS) is 12.4. The lowest BCUT2D eigenvalue weighted by Gasteiger charge is -2.18. The molecule has 0 fully saturated rings. The van der Waals surface area contributed by atoms with Gasteiger partial charge >= 0.3 is 0 Å². The zero-order chi connectivity index (χ0) is 14.7. The van der Waals surface area contributed by atoms with Gasteiger partial charge in [-0.3, -0.25) is 0 Å². The van der Waals surface area contributed by atoms with Gasteiger partial charge in [-0.05, 0) is 53.9 Å². The fraction of sp³-hybridized carbons (Fsp3) is 0.400. The Labute approximate surface area is 128 Å². The Hall–Kier alpha value is -1.33. The highest BCUT2D eigenvalue weighted by molar-refractivity contribution is 9.10. The third-order valence-electron chi connectivity index (χ3n) is 3.22. The summed E-state index contributed by atoms with van der Waals surface area (Å²) in [4.78, 5) is 4.39. The maximum Gasteiger partial charge on any atom is 0.207 e. The summed E-state index contributed by atoms with van der Waals surface area (Å²) in [6.07, 6.45) is 3.76. The monoisotopic (exact) mass is 337 g/mol. The number of rotatable bonds is 5. The molecule has 1 unspecified atom stereocenters. The average molecular weight is 338 g/mol. The van der Waals surface area contributed by atoms with E-state index < -0.39 is 0 Å². The molecule has 0 saturated carbocycles. The lowest BCUT2D eigenvalue weighted by atomic mass is 10.1.